The van der Waals surface area contributed by atoms with Crippen LogP contribution in [0.1, 0.15) is 0 Å². The van der Waals surface area contributed by atoms with E-state index in [0.717, 1.165) is 0 Å². The molecule has 0 spiro atoms. The molecule has 10 heavy (non-hydrogen) atoms. The van der Waals surface area contributed by atoms with Crippen molar-refractivity contribution in [3.8, 4) is 0 Å². The second kappa shape index (κ2) is 3.15. The van der Waals surface area contributed by atoms with Crippen molar-refractivity contribution < 1.29 is 8.51 Å². The topological polar surface area (TPSA) is 9.23 Å². The van der Waals surface area contributed by atoms with Crippen molar-refractivity contribution in [1.82, 2.24) is 0 Å². The zero-order valence-corrected chi connectivity index (χ0v) is 9.49. The van der Waals surface area contributed by atoms with E-state index in [1.165, 1.54) is 0 Å². The van der Waals surface area contributed by atoms with Gasteiger partial charge in [0.2, 0.25) is 8.32 Å². The van der Waals surface area contributed by atoms with Gasteiger partial charge < -0.3 is 4.12 Å². The Bertz CT molecular complexity index is 109. The first-order chi connectivity index (χ1) is 4.27. The van der Waals surface area contributed by atoms with Gasteiger partial charge in [-0.1, -0.05) is 0 Å². The summed E-state index contributed by atoms with van der Waals surface area (Å²) in [7, 11) is -3.41. The van der Waals surface area contributed by atoms with Gasteiger partial charge in [0, 0.05) is 0 Å². The molecule has 0 N–H and O–H groups in total. The first-order valence-electron chi connectivity index (χ1n) is 3.53. The molecule has 0 amide bonds. The van der Waals surface area contributed by atoms with E-state index in [2.05, 4.69) is 19.6 Å². The van der Waals surface area contributed by atoms with Gasteiger partial charge in [0.05, 0.1) is 0 Å². The number of hydrogen-bond acceptors (Lipinski definition) is 1. The monoisotopic (exact) mass is 180 g/mol. The second-order valence-electron chi connectivity index (χ2n) is 4.11. The van der Waals surface area contributed by atoms with Crippen LogP contribution in [0.2, 0.25) is 32.7 Å². The van der Waals surface area contributed by atoms with Gasteiger partial charge >= 0.3 is 0 Å². The molecule has 0 unspecified atom stereocenters. The quantitative estimate of drug-likeness (QED) is 0.607. The third-order valence-corrected chi connectivity index (χ3v) is 6.21. The number of rotatable bonds is 3. The minimum atomic E-state index is -1.92. The number of halogens is 1. The fourth-order valence-electron chi connectivity index (χ4n) is 0.856. The van der Waals surface area contributed by atoms with Crippen molar-refractivity contribution in [3.63, 3.8) is 0 Å². The highest BCUT2D eigenvalue weighted by atomic mass is 28.4. The van der Waals surface area contributed by atoms with Crippen molar-refractivity contribution in [2.24, 2.45) is 0 Å². The average Bonchev–Trinajstić information content (AvgIpc) is 1.60. The van der Waals surface area contributed by atoms with Crippen molar-refractivity contribution in [1.29, 1.82) is 0 Å². The maximum Gasteiger partial charge on any atom is 0.205 e. The van der Waals surface area contributed by atoms with Gasteiger partial charge in [0.1, 0.15) is 6.30 Å². The second-order valence-corrected chi connectivity index (χ2v) is 12.9. The summed E-state index contributed by atoms with van der Waals surface area (Å²) in [5.41, 5.74) is 0. The lowest BCUT2D eigenvalue weighted by atomic mass is 11.8. The summed E-state index contributed by atoms with van der Waals surface area (Å²) >= 11 is 0. The Kier molecular flexibility index (Phi) is 3.25. The van der Waals surface area contributed by atoms with E-state index >= 15 is 0 Å². The predicted molar refractivity (Wildman–Crippen MR) is 47.9 cm³/mol. The SMILES string of the molecule is C[Si](C)(C)O[Si](C)(C)CF. The van der Waals surface area contributed by atoms with Gasteiger partial charge in [-0.25, -0.2) is 0 Å². The summed E-state index contributed by atoms with van der Waals surface area (Å²) in [5, 5.41) is 0. The van der Waals surface area contributed by atoms with E-state index in [-0.39, 0.29) is 6.30 Å². The lowest BCUT2D eigenvalue weighted by Gasteiger charge is -2.28. The van der Waals surface area contributed by atoms with Crippen LogP contribution in [0.3, 0.4) is 0 Å². The molecule has 0 aromatic heterocycles. The van der Waals surface area contributed by atoms with Gasteiger partial charge in [-0.15, -0.1) is 0 Å². The number of hydrogen-bond donors (Lipinski definition) is 0. The Morgan fingerprint density at radius 3 is 1.60 bits per heavy atom. The molecule has 0 saturated carbocycles. The van der Waals surface area contributed by atoms with Crippen LogP contribution in [-0.2, 0) is 4.12 Å². The predicted octanol–water partition coefficient (Wildman–Crippen LogP) is 2.55. The van der Waals surface area contributed by atoms with E-state index in [0.29, 0.717) is 0 Å². The molecule has 0 aliphatic carbocycles. The molecule has 0 aliphatic rings. The fourth-order valence-corrected chi connectivity index (χ4v) is 7.71. The van der Waals surface area contributed by atoms with Crippen LogP contribution in [0.15, 0.2) is 0 Å². The van der Waals surface area contributed by atoms with Gasteiger partial charge in [0.25, 0.3) is 0 Å². The van der Waals surface area contributed by atoms with Crippen molar-refractivity contribution >= 4 is 16.6 Å². The lowest BCUT2D eigenvalue weighted by Crippen LogP contribution is -2.44. The van der Waals surface area contributed by atoms with Crippen LogP contribution in [0.25, 0.3) is 0 Å². The van der Waals surface area contributed by atoms with Crippen LogP contribution < -0.4 is 0 Å². The lowest BCUT2D eigenvalue weighted by molar-refractivity contribution is 0.483. The molecule has 0 saturated heterocycles. The largest absolute Gasteiger partial charge is 0.454 e. The first-order valence-corrected chi connectivity index (χ1v) is 10.1. The van der Waals surface area contributed by atoms with Crippen molar-refractivity contribution in [3.05, 3.63) is 0 Å². The maximum absolute atomic E-state index is 12.3. The Morgan fingerprint density at radius 1 is 1.10 bits per heavy atom. The molecule has 0 aromatic carbocycles. The molecule has 0 fully saturated rings. The summed E-state index contributed by atoms with van der Waals surface area (Å²) < 4.78 is 17.9. The van der Waals surface area contributed by atoms with Gasteiger partial charge in [0.15, 0.2) is 8.32 Å². The third-order valence-electron chi connectivity index (χ3n) is 0.904. The average molecular weight is 180 g/mol. The summed E-state index contributed by atoms with van der Waals surface area (Å²) in [5.74, 6) is 0. The van der Waals surface area contributed by atoms with E-state index in [4.69, 9.17) is 4.12 Å². The Labute approximate surface area is 64.9 Å². The van der Waals surface area contributed by atoms with Crippen LogP contribution >= 0.6 is 0 Å². The molecular formula is C6H17FOSi2. The molecule has 4 heteroatoms. The van der Waals surface area contributed by atoms with E-state index < -0.39 is 16.6 Å². The van der Waals surface area contributed by atoms with Crippen molar-refractivity contribution in [2.75, 3.05) is 6.30 Å². The fraction of sp³-hybridized carbons (Fsp3) is 1.00. The molecule has 0 atom stereocenters. The Hall–Kier alpha value is 0.324. The molecule has 0 aromatic rings. The smallest absolute Gasteiger partial charge is 0.205 e. The zero-order chi connectivity index (χ0) is 8.41. The zero-order valence-electron chi connectivity index (χ0n) is 7.49. The van der Waals surface area contributed by atoms with Crippen molar-refractivity contribution in [2.45, 2.75) is 32.7 Å². The summed E-state index contributed by atoms with van der Waals surface area (Å²) in [6.45, 7) is 10.1. The van der Waals surface area contributed by atoms with E-state index in [1.54, 1.807) is 0 Å². The molecule has 0 aliphatic heterocycles. The Morgan fingerprint density at radius 2 is 1.50 bits per heavy atom. The number of alkyl halides is 1. The molecule has 0 heterocycles. The molecule has 1 nitrogen and oxygen atoms in total. The van der Waals surface area contributed by atoms with E-state index in [9.17, 15) is 4.39 Å². The summed E-state index contributed by atoms with van der Waals surface area (Å²) in [6, 6.07) is 0. The standard InChI is InChI=1S/C6H17FOSi2/c1-9(2,3)8-10(4,5)6-7/h6H2,1-5H3. The highest BCUT2D eigenvalue weighted by Crippen LogP contribution is 2.13. The third kappa shape index (κ3) is 5.14. The minimum absolute atomic E-state index is 0.267. The highest BCUT2D eigenvalue weighted by molar-refractivity contribution is 6.84. The first kappa shape index (κ1) is 10.3. The van der Waals surface area contributed by atoms with Gasteiger partial charge in [-0.2, -0.15) is 0 Å². The van der Waals surface area contributed by atoms with Crippen LogP contribution in [-0.4, -0.2) is 22.9 Å². The Balaban J connectivity index is 3.89. The molecule has 0 rings (SSSR count). The van der Waals surface area contributed by atoms with Crippen LogP contribution in [0.4, 0.5) is 4.39 Å². The van der Waals surface area contributed by atoms with Gasteiger partial charge in [-0.3, -0.25) is 4.39 Å². The summed E-state index contributed by atoms with van der Waals surface area (Å²) in [6.07, 6.45) is -0.267. The van der Waals surface area contributed by atoms with Gasteiger partial charge in [-0.05, 0) is 32.7 Å². The molecule has 62 valence electrons. The molecule has 0 bridgehead atoms. The minimum Gasteiger partial charge on any atom is -0.454 e. The normalized spacial score (nSPS) is 13.8. The van der Waals surface area contributed by atoms with Crippen LogP contribution in [0.5, 0.6) is 0 Å². The van der Waals surface area contributed by atoms with E-state index in [1.807, 2.05) is 13.1 Å². The summed E-state index contributed by atoms with van der Waals surface area (Å²) in [4.78, 5) is 0. The molecule has 0 radical (unpaired) electrons. The maximum atomic E-state index is 12.3. The highest BCUT2D eigenvalue weighted by Gasteiger charge is 2.29. The molecular weight excluding hydrogens is 163 g/mol. The van der Waals surface area contributed by atoms with Crippen LogP contribution in [0, 0.1) is 0 Å².